The lowest BCUT2D eigenvalue weighted by molar-refractivity contribution is -0.385. The molecule has 0 atom stereocenters. The second kappa shape index (κ2) is 7.04. The number of methoxy groups -OCH3 is 1. The van der Waals surface area contributed by atoms with E-state index in [2.05, 4.69) is 0 Å². The molecule has 126 valence electrons. The number of nitrogens with zero attached hydrogens (tertiary/aromatic N) is 2. The van der Waals surface area contributed by atoms with Crippen LogP contribution in [0.15, 0.2) is 53.4 Å². The third kappa shape index (κ3) is 3.26. The van der Waals surface area contributed by atoms with Crippen molar-refractivity contribution in [3.05, 3.63) is 69.1 Å². The number of thioether (sulfide) groups is 1. The molecule has 1 saturated heterocycles. The lowest BCUT2D eigenvalue weighted by Gasteiger charge is -2.13. The third-order valence-electron chi connectivity index (χ3n) is 3.52. The van der Waals surface area contributed by atoms with Crippen molar-refractivity contribution in [1.82, 2.24) is 0 Å². The van der Waals surface area contributed by atoms with Crippen LogP contribution < -0.4 is 9.64 Å². The van der Waals surface area contributed by atoms with Gasteiger partial charge in [0.1, 0.15) is 0 Å². The van der Waals surface area contributed by atoms with Gasteiger partial charge in [0, 0.05) is 11.6 Å². The van der Waals surface area contributed by atoms with E-state index in [1.807, 2.05) is 18.2 Å². The Morgan fingerprint density at radius 3 is 2.56 bits per heavy atom. The Hall–Kier alpha value is -2.71. The predicted octanol–water partition coefficient (Wildman–Crippen LogP) is 4.01. The lowest BCUT2D eigenvalue weighted by atomic mass is 10.1. The second-order valence-electron chi connectivity index (χ2n) is 5.01. The van der Waals surface area contributed by atoms with Gasteiger partial charge in [-0.05, 0) is 18.2 Å². The molecule has 1 aliphatic heterocycles. The van der Waals surface area contributed by atoms with Gasteiger partial charge in [-0.3, -0.25) is 19.8 Å². The molecule has 1 heterocycles. The minimum absolute atomic E-state index is 0.109. The standard InChI is InChI=1S/C17H12N2O4S2/c1-23-15-11(6-5-9-13(15)19(21)22)10-14-16(20)18(17(24)25-14)12-7-3-2-4-8-12/h2-10H,1H3/b14-10+. The molecule has 0 spiro atoms. The van der Waals surface area contributed by atoms with E-state index in [1.54, 1.807) is 30.3 Å². The van der Waals surface area contributed by atoms with Crippen LogP contribution in [0.1, 0.15) is 5.56 Å². The molecule has 0 saturated carbocycles. The summed E-state index contributed by atoms with van der Waals surface area (Å²) < 4.78 is 5.58. The van der Waals surface area contributed by atoms with E-state index in [1.165, 1.54) is 18.1 Å². The number of thiocarbonyl (C=S) groups is 1. The number of nitro benzene ring substituents is 1. The first-order valence-corrected chi connectivity index (χ1v) is 8.40. The van der Waals surface area contributed by atoms with E-state index in [0.29, 0.717) is 20.5 Å². The number of amides is 1. The molecule has 0 aliphatic carbocycles. The normalized spacial score (nSPS) is 15.7. The molecule has 8 heteroatoms. The van der Waals surface area contributed by atoms with Crippen LogP contribution in [0.3, 0.4) is 0 Å². The molecule has 25 heavy (non-hydrogen) atoms. The monoisotopic (exact) mass is 372 g/mol. The first-order chi connectivity index (χ1) is 12.0. The molecule has 0 N–H and O–H groups in total. The summed E-state index contributed by atoms with van der Waals surface area (Å²) in [5.41, 5.74) is 0.972. The van der Waals surface area contributed by atoms with Gasteiger partial charge >= 0.3 is 5.69 Å². The van der Waals surface area contributed by atoms with E-state index in [0.717, 1.165) is 11.8 Å². The van der Waals surface area contributed by atoms with Crippen LogP contribution in [-0.2, 0) is 4.79 Å². The molecule has 6 nitrogen and oxygen atoms in total. The number of nitro groups is 1. The number of benzene rings is 2. The van der Waals surface area contributed by atoms with E-state index in [4.69, 9.17) is 17.0 Å². The molecular weight excluding hydrogens is 360 g/mol. The molecule has 1 fully saturated rings. The van der Waals surface area contributed by atoms with Gasteiger partial charge in [-0.1, -0.05) is 54.3 Å². The third-order valence-corrected chi connectivity index (χ3v) is 4.82. The summed E-state index contributed by atoms with van der Waals surface area (Å²) in [5, 5.41) is 11.1. The number of carbonyl (C=O) groups excluding carboxylic acids is 1. The number of anilines is 1. The van der Waals surface area contributed by atoms with Crippen molar-refractivity contribution in [1.29, 1.82) is 0 Å². The van der Waals surface area contributed by atoms with Crippen molar-refractivity contribution in [2.45, 2.75) is 0 Å². The molecule has 2 aromatic rings. The quantitative estimate of drug-likeness (QED) is 0.349. The van der Waals surface area contributed by atoms with E-state index in [9.17, 15) is 14.9 Å². The van der Waals surface area contributed by atoms with Gasteiger partial charge in [0.05, 0.1) is 22.6 Å². The fourth-order valence-corrected chi connectivity index (χ4v) is 3.72. The maximum Gasteiger partial charge on any atom is 0.311 e. The largest absolute Gasteiger partial charge is 0.490 e. The van der Waals surface area contributed by atoms with Crippen LogP contribution in [0, 0.1) is 10.1 Å². The zero-order chi connectivity index (χ0) is 18.0. The Bertz CT molecular complexity index is 897. The van der Waals surface area contributed by atoms with Crippen molar-refractivity contribution < 1.29 is 14.5 Å². The smallest absolute Gasteiger partial charge is 0.311 e. The van der Waals surface area contributed by atoms with Crippen molar-refractivity contribution in [2.24, 2.45) is 0 Å². The maximum absolute atomic E-state index is 12.7. The molecule has 0 radical (unpaired) electrons. The van der Waals surface area contributed by atoms with Crippen LogP contribution in [-0.4, -0.2) is 22.3 Å². The first-order valence-electron chi connectivity index (χ1n) is 7.17. The number of rotatable bonds is 4. The topological polar surface area (TPSA) is 72.7 Å². The molecule has 0 aromatic heterocycles. The van der Waals surface area contributed by atoms with E-state index < -0.39 is 4.92 Å². The Labute approximate surface area is 153 Å². The summed E-state index contributed by atoms with van der Waals surface area (Å²) >= 11 is 6.46. The zero-order valence-corrected chi connectivity index (χ0v) is 14.7. The highest BCUT2D eigenvalue weighted by atomic mass is 32.2. The summed E-state index contributed by atoms with van der Waals surface area (Å²) in [6, 6.07) is 13.6. The summed E-state index contributed by atoms with van der Waals surface area (Å²) in [4.78, 5) is 25.1. The van der Waals surface area contributed by atoms with Gasteiger partial charge in [-0.15, -0.1) is 0 Å². The van der Waals surface area contributed by atoms with Crippen LogP contribution >= 0.6 is 24.0 Å². The predicted molar refractivity (Wildman–Crippen MR) is 102 cm³/mol. The minimum atomic E-state index is -0.522. The Balaban J connectivity index is 2.01. The maximum atomic E-state index is 12.7. The lowest BCUT2D eigenvalue weighted by Crippen LogP contribution is -2.27. The Morgan fingerprint density at radius 2 is 1.92 bits per heavy atom. The van der Waals surface area contributed by atoms with Gasteiger partial charge in [0.2, 0.25) is 5.75 Å². The highest BCUT2D eigenvalue weighted by molar-refractivity contribution is 8.27. The molecule has 1 aliphatic rings. The number of carbonyl (C=O) groups is 1. The molecule has 3 rings (SSSR count). The molecule has 2 aromatic carbocycles. The second-order valence-corrected chi connectivity index (χ2v) is 6.69. The van der Waals surface area contributed by atoms with Gasteiger partial charge in [-0.2, -0.15) is 0 Å². The molecule has 0 unspecified atom stereocenters. The van der Waals surface area contributed by atoms with Crippen molar-refractivity contribution >= 4 is 51.7 Å². The van der Waals surface area contributed by atoms with Crippen molar-refractivity contribution in [3.8, 4) is 5.75 Å². The average Bonchev–Trinajstić information content (AvgIpc) is 2.89. The van der Waals surface area contributed by atoms with Crippen LogP contribution in [0.2, 0.25) is 0 Å². The van der Waals surface area contributed by atoms with E-state index in [-0.39, 0.29) is 17.3 Å². The van der Waals surface area contributed by atoms with Crippen LogP contribution in [0.5, 0.6) is 5.75 Å². The highest BCUT2D eigenvalue weighted by Crippen LogP contribution is 2.38. The van der Waals surface area contributed by atoms with E-state index >= 15 is 0 Å². The first kappa shape index (κ1) is 17.1. The molecule has 1 amide bonds. The molecular formula is C17H12N2O4S2. The summed E-state index contributed by atoms with van der Waals surface area (Å²) in [6.45, 7) is 0. The summed E-state index contributed by atoms with van der Waals surface area (Å²) in [7, 11) is 1.36. The SMILES string of the molecule is COc1c(/C=C2/SC(=S)N(c3ccccc3)C2=O)cccc1[N+](=O)[O-]. The Kier molecular flexibility index (Phi) is 4.82. The van der Waals surface area contributed by atoms with Crippen LogP contribution in [0.4, 0.5) is 11.4 Å². The number of hydrogen-bond acceptors (Lipinski definition) is 6. The van der Waals surface area contributed by atoms with Gasteiger partial charge in [0.25, 0.3) is 5.91 Å². The molecule has 0 bridgehead atoms. The van der Waals surface area contributed by atoms with Crippen molar-refractivity contribution in [2.75, 3.05) is 12.0 Å². The summed E-state index contributed by atoms with van der Waals surface area (Å²) in [5.74, 6) is -0.160. The van der Waals surface area contributed by atoms with Gasteiger partial charge in [-0.25, -0.2) is 0 Å². The van der Waals surface area contributed by atoms with Crippen LogP contribution in [0.25, 0.3) is 6.08 Å². The zero-order valence-electron chi connectivity index (χ0n) is 13.0. The van der Waals surface area contributed by atoms with Gasteiger partial charge in [0.15, 0.2) is 4.32 Å². The average molecular weight is 372 g/mol. The van der Waals surface area contributed by atoms with Crippen molar-refractivity contribution in [3.63, 3.8) is 0 Å². The van der Waals surface area contributed by atoms with Gasteiger partial charge < -0.3 is 4.74 Å². The fraction of sp³-hybridized carbons (Fsp3) is 0.0588. The fourth-order valence-electron chi connectivity index (χ4n) is 2.43. The Morgan fingerprint density at radius 1 is 1.20 bits per heavy atom. The number of hydrogen-bond donors (Lipinski definition) is 0. The number of ether oxygens (including phenoxy) is 1. The highest BCUT2D eigenvalue weighted by Gasteiger charge is 2.33. The minimum Gasteiger partial charge on any atom is -0.490 e. The summed E-state index contributed by atoms with van der Waals surface area (Å²) in [6.07, 6.45) is 1.56. The number of para-hydroxylation sites is 2.